The molecule has 0 aromatic rings. The van der Waals surface area contributed by atoms with Gasteiger partial charge in [-0.05, 0) is 20.8 Å². The Balaban J connectivity index is 2.35. The van der Waals surface area contributed by atoms with Crippen LogP contribution in [0.4, 0.5) is 0 Å². The third-order valence-electron chi connectivity index (χ3n) is 2.14. The van der Waals surface area contributed by atoms with Gasteiger partial charge in [0.15, 0.2) is 5.79 Å². The molecule has 1 aliphatic heterocycles. The van der Waals surface area contributed by atoms with Gasteiger partial charge in [-0.1, -0.05) is 0 Å². The van der Waals surface area contributed by atoms with Crippen LogP contribution in [0.1, 0.15) is 27.2 Å². The quantitative estimate of drug-likeness (QED) is 0.694. The minimum Gasteiger partial charge on any atom is -0.466 e. The van der Waals surface area contributed by atoms with E-state index in [0.717, 1.165) is 0 Å². The minimum absolute atomic E-state index is 0.0576. The van der Waals surface area contributed by atoms with Crippen LogP contribution in [0.25, 0.3) is 0 Å². The molecule has 0 bridgehead atoms. The average molecular weight is 218 g/mol. The summed E-state index contributed by atoms with van der Waals surface area (Å²) in [7, 11) is 0. The number of ether oxygens (including phenoxy) is 3. The first-order valence-corrected chi connectivity index (χ1v) is 5.10. The lowest BCUT2D eigenvalue weighted by molar-refractivity contribution is -0.159. The molecule has 0 aromatic heterocycles. The van der Waals surface area contributed by atoms with Gasteiger partial charge in [0, 0.05) is 0 Å². The standard InChI is InChI=1S/C10H18O5/c1-4-13-9(12)5-7(11)8-6-14-10(2,3)15-8/h7-8,11H,4-6H2,1-3H3/t7-,8-/m1/s1. The Morgan fingerprint density at radius 3 is 2.80 bits per heavy atom. The molecule has 0 unspecified atom stereocenters. The zero-order valence-electron chi connectivity index (χ0n) is 9.36. The summed E-state index contributed by atoms with van der Waals surface area (Å²) in [4.78, 5) is 11.1. The van der Waals surface area contributed by atoms with Crippen LogP contribution >= 0.6 is 0 Å². The Bertz CT molecular complexity index is 226. The van der Waals surface area contributed by atoms with Crippen molar-refractivity contribution in [3.63, 3.8) is 0 Å². The van der Waals surface area contributed by atoms with Gasteiger partial charge in [0.25, 0.3) is 0 Å². The molecule has 1 fully saturated rings. The van der Waals surface area contributed by atoms with Gasteiger partial charge in [0.05, 0.1) is 25.7 Å². The molecule has 1 N–H and O–H groups in total. The third kappa shape index (κ3) is 3.77. The molecule has 0 spiro atoms. The van der Waals surface area contributed by atoms with E-state index in [4.69, 9.17) is 14.2 Å². The number of aliphatic hydroxyl groups excluding tert-OH is 1. The molecule has 0 saturated carbocycles. The van der Waals surface area contributed by atoms with E-state index < -0.39 is 24.0 Å². The molecule has 0 aromatic carbocycles. The van der Waals surface area contributed by atoms with Crippen molar-refractivity contribution in [3.8, 4) is 0 Å². The third-order valence-corrected chi connectivity index (χ3v) is 2.14. The van der Waals surface area contributed by atoms with Crippen LogP contribution in [0.3, 0.4) is 0 Å². The molecular weight excluding hydrogens is 200 g/mol. The van der Waals surface area contributed by atoms with Crippen LogP contribution in [0.5, 0.6) is 0 Å². The lowest BCUT2D eigenvalue weighted by Crippen LogP contribution is -2.32. The zero-order chi connectivity index (χ0) is 11.5. The largest absolute Gasteiger partial charge is 0.466 e. The van der Waals surface area contributed by atoms with Crippen molar-refractivity contribution in [2.75, 3.05) is 13.2 Å². The summed E-state index contributed by atoms with van der Waals surface area (Å²) in [5.41, 5.74) is 0. The molecule has 2 atom stereocenters. The second kappa shape index (κ2) is 4.92. The maximum Gasteiger partial charge on any atom is 0.308 e. The van der Waals surface area contributed by atoms with Crippen molar-refractivity contribution in [3.05, 3.63) is 0 Å². The van der Waals surface area contributed by atoms with Crippen molar-refractivity contribution in [2.24, 2.45) is 0 Å². The number of carbonyl (C=O) groups is 1. The highest BCUT2D eigenvalue weighted by Gasteiger charge is 2.37. The maximum absolute atomic E-state index is 11.1. The number of hydrogen-bond donors (Lipinski definition) is 1. The van der Waals surface area contributed by atoms with Gasteiger partial charge in [-0.3, -0.25) is 4.79 Å². The van der Waals surface area contributed by atoms with E-state index in [2.05, 4.69) is 0 Å². The van der Waals surface area contributed by atoms with E-state index in [-0.39, 0.29) is 6.42 Å². The second-order valence-corrected chi connectivity index (χ2v) is 3.94. The number of esters is 1. The first-order valence-electron chi connectivity index (χ1n) is 5.10. The molecule has 1 heterocycles. The summed E-state index contributed by atoms with van der Waals surface area (Å²) >= 11 is 0. The van der Waals surface area contributed by atoms with Crippen molar-refractivity contribution in [1.82, 2.24) is 0 Å². The summed E-state index contributed by atoms with van der Waals surface area (Å²) in [5.74, 6) is -1.10. The fraction of sp³-hybridized carbons (Fsp3) is 0.900. The van der Waals surface area contributed by atoms with Crippen LogP contribution in [-0.4, -0.2) is 42.3 Å². The summed E-state index contributed by atoms with van der Waals surface area (Å²) < 4.78 is 15.4. The lowest BCUT2D eigenvalue weighted by Gasteiger charge is -2.19. The SMILES string of the molecule is CCOC(=O)C[C@@H](O)[C@H]1COC(C)(C)O1. The van der Waals surface area contributed by atoms with Gasteiger partial charge in [0.1, 0.15) is 6.10 Å². The Labute approximate surface area is 89.3 Å². The van der Waals surface area contributed by atoms with E-state index in [0.29, 0.717) is 13.2 Å². The van der Waals surface area contributed by atoms with Crippen LogP contribution in [-0.2, 0) is 19.0 Å². The van der Waals surface area contributed by atoms with E-state index in [1.807, 2.05) is 0 Å². The molecule has 88 valence electrons. The van der Waals surface area contributed by atoms with Crippen LogP contribution in [0.2, 0.25) is 0 Å². The molecule has 15 heavy (non-hydrogen) atoms. The van der Waals surface area contributed by atoms with E-state index in [1.54, 1.807) is 20.8 Å². The van der Waals surface area contributed by atoms with Crippen LogP contribution in [0.15, 0.2) is 0 Å². The van der Waals surface area contributed by atoms with Crippen LogP contribution in [0, 0.1) is 0 Å². The number of hydrogen-bond acceptors (Lipinski definition) is 5. The Hall–Kier alpha value is -0.650. The average Bonchev–Trinajstić information content (AvgIpc) is 2.46. The highest BCUT2D eigenvalue weighted by atomic mass is 16.7. The lowest BCUT2D eigenvalue weighted by atomic mass is 10.1. The van der Waals surface area contributed by atoms with Gasteiger partial charge in [-0.2, -0.15) is 0 Å². The van der Waals surface area contributed by atoms with Crippen molar-refractivity contribution in [2.45, 2.75) is 45.2 Å². The monoisotopic (exact) mass is 218 g/mol. The predicted octanol–water partition coefficient (Wildman–Crippen LogP) is 0.452. The molecule has 1 aliphatic rings. The molecule has 1 rings (SSSR count). The Morgan fingerprint density at radius 2 is 2.33 bits per heavy atom. The Kier molecular flexibility index (Phi) is 4.07. The topological polar surface area (TPSA) is 65.0 Å². The van der Waals surface area contributed by atoms with Gasteiger partial charge in [-0.15, -0.1) is 0 Å². The summed E-state index contributed by atoms with van der Waals surface area (Å²) in [6.07, 6.45) is -1.38. The second-order valence-electron chi connectivity index (χ2n) is 3.94. The number of aliphatic hydroxyl groups is 1. The highest BCUT2D eigenvalue weighted by molar-refractivity contribution is 5.69. The zero-order valence-corrected chi connectivity index (χ0v) is 9.36. The van der Waals surface area contributed by atoms with E-state index in [9.17, 15) is 9.90 Å². The fourth-order valence-electron chi connectivity index (χ4n) is 1.43. The molecule has 5 heteroatoms. The number of carbonyl (C=O) groups excluding carboxylic acids is 1. The van der Waals surface area contributed by atoms with Crippen molar-refractivity contribution < 1.29 is 24.1 Å². The van der Waals surface area contributed by atoms with Gasteiger partial charge < -0.3 is 19.3 Å². The minimum atomic E-state index is -0.870. The normalized spacial score (nSPS) is 26.3. The van der Waals surface area contributed by atoms with Gasteiger partial charge in [0.2, 0.25) is 0 Å². The first kappa shape index (κ1) is 12.4. The van der Waals surface area contributed by atoms with E-state index in [1.165, 1.54) is 0 Å². The molecule has 0 amide bonds. The molecule has 0 aliphatic carbocycles. The fourth-order valence-corrected chi connectivity index (χ4v) is 1.43. The maximum atomic E-state index is 11.1. The molecule has 0 radical (unpaired) electrons. The van der Waals surface area contributed by atoms with Crippen molar-refractivity contribution >= 4 is 5.97 Å². The predicted molar refractivity (Wildman–Crippen MR) is 52.2 cm³/mol. The van der Waals surface area contributed by atoms with Crippen LogP contribution < -0.4 is 0 Å². The number of rotatable bonds is 4. The smallest absolute Gasteiger partial charge is 0.308 e. The van der Waals surface area contributed by atoms with Crippen molar-refractivity contribution in [1.29, 1.82) is 0 Å². The Morgan fingerprint density at radius 1 is 1.67 bits per heavy atom. The molecule has 5 nitrogen and oxygen atoms in total. The summed E-state index contributed by atoms with van der Waals surface area (Å²) in [6, 6.07) is 0. The molecular formula is C10H18O5. The van der Waals surface area contributed by atoms with Gasteiger partial charge >= 0.3 is 5.97 Å². The first-order chi connectivity index (χ1) is 6.94. The molecule has 1 saturated heterocycles. The summed E-state index contributed by atoms with van der Waals surface area (Å²) in [5, 5.41) is 9.67. The van der Waals surface area contributed by atoms with Gasteiger partial charge in [-0.25, -0.2) is 0 Å². The summed E-state index contributed by atoms with van der Waals surface area (Å²) in [6.45, 7) is 5.88. The van der Waals surface area contributed by atoms with E-state index >= 15 is 0 Å². The highest BCUT2D eigenvalue weighted by Crippen LogP contribution is 2.25.